The van der Waals surface area contributed by atoms with Crippen LogP contribution in [0.25, 0.3) is 4.91 Å². The summed E-state index contributed by atoms with van der Waals surface area (Å²) in [5.41, 5.74) is 4.18. The minimum atomic E-state index is -3.73. The molecule has 0 bridgehead atoms. The van der Waals surface area contributed by atoms with Gasteiger partial charge in [-0.15, -0.1) is 4.40 Å². The van der Waals surface area contributed by atoms with Crippen LogP contribution in [0.5, 0.6) is 0 Å². The molecule has 6 heteroatoms. The van der Waals surface area contributed by atoms with E-state index >= 15 is 0 Å². The summed E-state index contributed by atoms with van der Waals surface area (Å²) in [7, 11) is -3.73. The van der Waals surface area contributed by atoms with E-state index < -0.39 is 10.0 Å². The summed E-state index contributed by atoms with van der Waals surface area (Å²) in [4.78, 5) is 0.214. The molecule has 1 heterocycles. The first-order valence-electron chi connectivity index (χ1n) is 7.44. The maximum Gasteiger partial charge on any atom is 0.285 e. The zero-order valence-electron chi connectivity index (χ0n) is 13.6. The van der Waals surface area contributed by atoms with E-state index in [-0.39, 0.29) is 4.91 Å². The van der Waals surface area contributed by atoms with Crippen LogP contribution in [-0.4, -0.2) is 14.3 Å². The van der Waals surface area contributed by atoms with Gasteiger partial charge in [-0.3, -0.25) is 0 Å². The van der Waals surface area contributed by atoms with Gasteiger partial charge in [-0.05, 0) is 61.7 Å². The molecule has 0 spiro atoms. The molecule has 24 heavy (non-hydrogen) atoms. The molecule has 0 radical (unpaired) electrons. The summed E-state index contributed by atoms with van der Waals surface area (Å²) < 4.78 is 28.9. The lowest BCUT2D eigenvalue weighted by Crippen LogP contribution is -2.11. The number of aryl methyl sites for hydroxylation is 2. The first-order valence-corrected chi connectivity index (χ1v) is 9.25. The van der Waals surface area contributed by atoms with E-state index in [2.05, 4.69) is 15.8 Å². The van der Waals surface area contributed by atoms with Gasteiger partial charge in [0.05, 0.1) is 0 Å². The van der Waals surface area contributed by atoms with E-state index in [1.54, 1.807) is 31.2 Å². The molecule has 0 aliphatic carbocycles. The molecule has 2 aromatic rings. The summed E-state index contributed by atoms with van der Waals surface area (Å²) in [6, 6.07) is 12.7. The molecule has 1 N–H and O–H groups in total. The minimum absolute atomic E-state index is 0.214. The Labute approximate surface area is 146 Å². The van der Waals surface area contributed by atoms with Crippen LogP contribution in [0.4, 0.5) is 5.69 Å². The number of halogens is 1. The molecule has 124 valence electrons. The summed E-state index contributed by atoms with van der Waals surface area (Å²) in [5.74, 6) is 0.352. The highest BCUT2D eigenvalue weighted by atomic mass is 35.5. The van der Waals surface area contributed by atoms with E-state index in [0.29, 0.717) is 22.0 Å². The predicted molar refractivity (Wildman–Crippen MR) is 99.9 cm³/mol. The monoisotopic (exact) mass is 360 g/mol. The Bertz CT molecular complexity index is 954. The second-order valence-corrected chi connectivity index (χ2v) is 7.85. The smallest absolute Gasteiger partial charge is 0.285 e. The number of sulfonamides is 1. The molecule has 0 amide bonds. The van der Waals surface area contributed by atoms with Gasteiger partial charge in [0, 0.05) is 16.3 Å². The van der Waals surface area contributed by atoms with E-state index in [4.69, 9.17) is 11.6 Å². The number of hydrogen-bond acceptors (Lipinski definition) is 3. The first-order chi connectivity index (χ1) is 11.3. The van der Waals surface area contributed by atoms with Crippen molar-refractivity contribution >= 4 is 38.1 Å². The second kappa shape index (κ2) is 6.07. The number of anilines is 1. The van der Waals surface area contributed by atoms with Gasteiger partial charge in [0.1, 0.15) is 10.7 Å². The number of amidine groups is 1. The quantitative estimate of drug-likeness (QED) is 0.855. The summed E-state index contributed by atoms with van der Waals surface area (Å²) in [6.07, 6.45) is 0. The lowest BCUT2D eigenvalue weighted by atomic mass is 10.1. The van der Waals surface area contributed by atoms with E-state index in [9.17, 15) is 8.42 Å². The maximum atomic E-state index is 12.5. The van der Waals surface area contributed by atoms with Crippen LogP contribution in [0, 0.1) is 13.8 Å². The molecule has 0 saturated carbocycles. The second-order valence-electron chi connectivity index (χ2n) is 5.88. The minimum Gasteiger partial charge on any atom is -0.339 e. The Morgan fingerprint density at radius 2 is 1.54 bits per heavy atom. The molecule has 0 saturated heterocycles. The molecule has 0 unspecified atom stereocenters. The molecule has 0 fully saturated rings. The number of benzene rings is 2. The largest absolute Gasteiger partial charge is 0.339 e. The van der Waals surface area contributed by atoms with Crippen LogP contribution >= 0.6 is 11.6 Å². The van der Waals surface area contributed by atoms with E-state index in [1.165, 1.54) is 0 Å². The summed E-state index contributed by atoms with van der Waals surface area (Å²) in [6.45, 7) is 5.74. The number of hydrogen-bond donors (Lipinski definition) is 1. The Balaban J connectivity index is 2.02. The normalized spacial score (nSPS) is 16.2. The van der Waals surface area contributed by atoms with E-state index in [0.717, 1.165) is 16.8 Å². The molecule has 1 aliphatic rings. The first kappa shape index (κ1) is 16.7. The standard InChI is InChI=1S/C18H17ClN2O2S/c1-11-8-12(2)10-16(9-11)20-18-13(3)17(24(22,23)21-18)14-4-6-15(19)7-5-14/h4-10H,1-3H3,(H,20,21). The average molecular weight is 361 g/mol. The van der Waals surface area contributed by atoms with Gasteiger partial charge in [-0.2, -0.15) is 8.42 Å². The van der Waals surface area contributed by atoms with Crippen molar-refractivity contribution in [1.29, 1.82) is 0 Å². The zero-order chi connectivity index (χ0) is 17.5. The van der Waals surface area contributed by atoms with Gasteiger partial charge >= 0.3 is 0 Å². The van der Waals surface area contributed by atoms with Crippen molar-refractivity contribution in [3.63, 3.8) is 0 Å². The molecule has 0 atom stereocenters. The van der Waals surface area contributed by atoms with Crippen molar-refractivity contribution < 1.29 is 8.42 Å². The lowest BCUT2D eigenvalue weighted by Gasteiger charge is -2.09. The maximum absolute atomic E-state index is 12.5. The summed E-state index contributed by atoms with van der Waals surface area (Å²) in [5, 5.41) is 3.68. The number of nitrogens with one attached hydrogen (secondary N) is 1. The molecule has 0 aromatic heterocycles. The Hall–Kier alpha value is -2.11. The van der Waals surface area contributed by atoms with Crippen LogP contribution in [-0.2, 0) is 10.0 Å². The lowest BCUT2D eigenvalue weighted by molar-refractivity contribution is 0.608. The van der Waals surface area contributed by atoms with Crippen LogP contribution in [0.15, 0.2) is 52.4 Å². The predicted octanol–water partition coefficient (Wildman–Crippen LogP) is 4.54. The SMILES string of the molecule is CC1=C(c2ccc(Cl)cc2)S(=O)(=O)N=C1Nc1cc(C)cc(C)c1. The fraction of sp³-hybridized carbons (Fsp3) is 0.167. The fourth-order valence-corrected chi connectivity index (χ4v) is 4.36. The van der Waals surface area contributed by atoms with Crippen LogP contribution < -0.4 is 5.32 Å². The summed E-state index contributed by atoms with van der Waals surface area (Å²) >= 11 is 5.88. The van der Waals surface area contributed by atoms with Crippen LogP contribution in [0.2, 0.25) is 5.02 Å². The molecule has 4 nitrogen and oxygen atoms in total. The highest BCUT2D eigenvalue weighted by Crippen LogP contribution is 2.33. The van der Waals surface area contributed by atoms with Crippen LogP contribution in [0.3, 0.4) is 0 Å². The Morgan fingerprint density at radius 1 is 0.958 bits per heavy atom. The van der Waals surface area contributed by atoms with Crippen molar-refractivity contribution in [2.24, 2.45) is 4.40 Å². The number of rotatable bonds is 2. The molecule has 3 rings (SSSR count). The molecule has 1 aliphatic heterocycles. The highest BCUT2D eigenvalue weighted by Gasteiger charge is 2.31. The third-order valence-corrected chi connectivity index (χ3v) is 5.49. The number of nitrogens with zero attached hydrogens (tertiary/aromatic N) is 1. The van der Waals surface area contributed by atoms with Gasteiger partial charge in [0.25, 0.3) is 10.0 Å². The van der Waals surface area contributed by atoms with Crippen molar-refractivity contribution in [1.82, 2.24) is 0 Å². The third-order valence-electron chi connectivity index (χ3n) is 3.76. The zero-order valence-corrected chi connectivity index (χ0v) is 15.2. The average Bonchev–Trinajstić information content (AvgIpc) is 2.68. The van der Waals surface area contributed by atoms with Crippen molar-refractivity contribution in [2.75, 3.05) is 5.32 Å². The van der Waals surface area contributed by atoms with Gasteiger partial charge in [0.2, 0.25) is 0 Å². The van der Waals surface area contributed by atoms with Gasteiger partial charge in [-0.25, -0.2) is 0 Å². The van der Waals surface area contributed by atoms with Crippen molar-refractivity contribution in [3.05, 3.63) is 69.8 Å². The van der Waals surface area contributed by atoms with Gasteiger partial charge in [0.15, 0.2) is 0 Å². The van der Waals surface area contributed by atoms with Gasteiger partial charge in [-0.1, -0.05) is 29.8 Å². The Morgan fingerprint density at radius 3 is 2.12 bits per heavy atom. The molecular weight excluding hydrogens is 344 g/mol. The third kappa shape index (κ3) is 3.23. The topological polar surface area (TPSA) is 58.5 Å². The molecule has 2 aromatic carbocycles. The van der Waals surface area contributed by atoms with Gasteiger partial charge < -0.3 is 5.32 Å². The highest BCUT2D eigenvalue weighted by molar-refractivity contribution is 8.00. The Kier molecular flexibility index (Phi) is 4.24. The van der Waals surface area contributed by atoms with E-state index in [1.807, 2.05) is 26.0 Å². The molecular formula is C18H17ClN2O2S. The van der Waals surface area contributed by atoms with Crippen molar-refractivity contribution in [3.8, 4) is 0 Å². The fourth-order valence-electron chi connectivity index (χ4n) is 2.80. The van der Waals surface area contributed by atoms with Crippen LogP contribution in [0.1, 0.15) is 23.6 Å². The van der Waals surface area contributed by atoms with Crippen molar-refractivity contribution in [2.45, 2.75) is 20.8 Å².